The summed E-state index contributed by atoms with van der Waals surface area (Å²) in [5.41, 5.74) is 2.78. The molecular weight excluding hydrogens is 343 g/mol. The summed E-state index contributed by atoms with van der Waals surface area (Å²) >= 11 is 0. The van der Waals surface area contributed by atoms with Crippen molar-refractivity contribution in [3.63, 3.8) is 0 Å². The second-order valence-electron chi connectivity index (χ2n) is 6.63. The van der Waals surface area contributed by atoms with Gasteiger partial charge < -0.3 is 10.2 Å². The van der Waals surface area contributed by atoms with Crippen LogP contribution in [-0.2, 0) is 22.6 Å². The molecule has 0 heterocycles. The van der Waals surface area contributed by atoms with Crippen LogP contribution in [0.4, 0.5) is 4.39 Å². The predicted octanol–water partition coefficient (Wildman–Crippen LogP) is 3.62. The molecule has 0 saturated heterocycles. The van der Waals surface area contributed by atoms with E-state index in [1.807, 2.05) is 45.0 Å². The van der Waals surface area contributed by atoms with Gasteiger partial charge in [0.2, 0.25) is 11.8 Å². The van der Waals surface area contributed by atoms with E-state index in [-0.39, 0.29) is 30.6 Å². The number of nitrogens with zero attached hydrogens (tertiary/aromatic N) is 1. The van der Waals surface area contributed by atoms with E-state index in [1.54, 1.807) is 17.0 Å². The van der Waals surface area contributed by atoms with E-state index in [9.17, 15) is 14.0 Å². The largest absolute Gasteiger partial charge is 0.355 e. The van der Waals surface area contributed by atoms with Gasteiger partial charge in [-0.25, -0.2) is 4.39 Å². The summed E-state index contributed by atoms with van der Waals surface area (Å²) in [5, 5.41) is 2.81. The molecule has 0 aliphatic rings. The first-order valence-electron chi connectivity index (χ1n) is 9.31. The maximum absolute atomic E-state index is 13.2. The van der Waals surface area contributed by atoms with Crippen molar-refractivity contribution in [1.82, 2.24) is 10.2 Å². The zero-order chi connectivity index (χ0) is 19.8. The number of nitrogens with one attached hydrogen (secondary N) is 1. The van der Waals surface area contributed by atoms with Crippen LogP contribution in [0.25, 0.3) is 0 Å². The number of likely N-dealkylation sites (N-methyl/N-ethyl adjacent to an activating group) is 1. The molecular formula is C22H27FN2O2. The fourth-order valence-corrected chi connectivity index (χ4v) is 3.10. The highest BCUT2D eigenvalue weighted by Crippen LogP contribution is 2.15. The summed E-state index contributed by atoms with van der Waals surface area (Å²) in [7, 11) is 0. The summed E-state index contributed by atoms with van der Waals surface area (Å²) in [6, 6.07) is 13.2. The molecule has 1 N–H and O–H groups in total. The molecule has 27 heavy (non-hydrogen) atoms. The molecule has 5 heteroatoms. The van der Waals surface area contributed by atoms with Crippen LogP contribution in [0.5, 0.6) is 0 Å². The first-order chi connectivity index (χ1) is 12.9. The Kier molecular flexibility index (Phi) is 7.53. The van der Waals surface area contributed by atoms with Gasteiger partial charge in [0.05, 0.1) is 6.42 Å². The van der Waals surface area contributed by atoms with E-state index in [0.717, 1.165) is 16.7 Å². The quantitative estimate of drug-likeness (QED) is 0.772. The predicted molar refractivity (Wildman–Crippen MR) is 105 cm³/mol. The monoisotopic (exact) mass is 370 g/mol. The minimum Gasteiger partial charge on any atom is -0.355 e. The molecule has 0 saturated carbocycles. The molecule has 0 fully saturated rings. The Morgan fingerprint density at radius 3 is 2.37 bits per heavy atom. The third-order valence-corrected chi connectivity index (χ3v) is 4.44. The highest BCUT2D eigenvalue weighted by molar-refractivity contribution is 5.88. The number of halogens is 1. The zero-order valence-corrected chi connectivity index (χ0v) is 16.2. The Bertz CT molecular complexity index is 774. The average molecular weight is 370 g/mol. The van der Waals surface area contributed by atoms with E-state index in [4.69, 9.17) is 0 Å². The third-order valence-electron chi connectivity index (χ3n) is 4.44. The standard InChI is InChI=1S/C22H27FN2O2/c1-4-20(22(27)24-5-2)25(15-17-9-11-19(23)12-10-17)21(26)14-18-8-6-7-16(3)13-18/h6-13,20H,4-5,14-15H2,1-3H3,(H,24,27). The van der Waals surface area contributed by atoms with Gasteiger partial charge in [-0.1, -0.05) is 48.9 Å². The number of carbonyl (C=O) groups is 2. The summed E-state index contributed by atoms with van der Waals surface area (Å²) < 4.78 is 13.2. The molecule has 2 aromatic rings. The lowest BCUT2D eigenvalue weighted by Crippen LogP contribution is -2.49. The second-order valence-corrected chi connectivity index (χ2v) is 6.63. The van der Waals surface area contributed by atoms with Crippen molar-refractivity contribution >= 4 is 11.8 Å². The van der Waals surface area contributed by atoms with Gasteiger partial charge in [-0.05, 0) is 43.5 Å². The molecule has 0 aliphatic heterocycles. The van der Waals surface area contributed by atoms with Crippen LogP contribution in [0.15, 0.2) is 48.5 Å². The van der Waals surface area contributed by atoms with Crippen molar-refractivity contribution in [1.29, 1.82) is 0 Å². The Balaban J connectivity index is 2.27. The van der Waals surface area contributed by atoms with Crippen molar-refractivity contribution in [3.8, 4) is 0 Å². The van der Waals surface area contributed by atoms with Gasteiger partial charge in [-0.3, -0.25) is 9.59 Å². The molecule has 2 aromatic carbocycles. The Hall–Kier alpha value is -2.69. The van der Waals surface area contributed by atoms with Crippen LogP contribution in [0.2, 0.25) is 0 Å². The van der Waals surface area contributed by atoms with E-state index < -0.39 is 6.04 Å². The molecule has 0 aromatic heterocycles. The van der Waals surface area contributed by atoms with E-state index in [2.05, 4.69) is 5.32 Å². The summed E-state index contributed by atoms with van der Waals surface area (Å²) in [5.74, 6) is -0.616. The van der Waals surface area contributed by atoms with Crippen LogP contribution >= 0.6 is 0 Å². The van der Waals surface area contributed by atoms with Gasteiger partial charge in [0.15, 0.2) is 0 Å². The molecule has 144 valence electrons. The molecule has 0 bridgehead atoms. The zero-order valence-electron chi connectivity index (χ0n) is 16.2. The van der Waals surface area contributed by atoms with Crippen LogP contribution in [0.3, 0.4) is 0 Å². The van der Waals surface area contributed by atoms with E-state index >= 15 is 0 Å². The molecule has 0 aliphatic carbocycles. The number of aryl methyl sites for hydroxylation is 1. The van der Waals surface area contributed by atoms with Crippen LogP contribution in [0.1, 0.15) is 37.0 Å². The number of rotatable bonds is 8. The third kappa shape index (κ3) is 5.91. The van der Waals surface area contributed by atoms with Gasteiger partial charge in [0, 0.05) is 13.1 Å². The van der Waals surface area contributed by atoms with E-state index in [1.165, 1.54) is 12.1 Å². The normalized spacial score (nSPS) is 11.7. The number of hydrogen-bond donors (Lipinski definition) is 1. The Labute approximate surface area is 160 Å². The summed E-state index contributed by atoms with van der Waals surface area (Å²) in [4.78, 5) is 27.2. The van der Waals surface area contributed by atoms with Crippen molar-refractivity contribution in [2.24, 2.45) is 0 Å². The molecule has 1 unspecified atom stereocenters. The van der Waals surface area contributed by atoms with Crippen LogP contribution < -0.4 is 5.32 Å². The Morgan fingerprint density at radius 2 is 1.78 bits per heavy atom. The number of amides is 2. The molecule has 0 spiro atoms. The van der Waals surface area contributed by atoms with Crippen molar-refractivity contribution < 1.29 is 14.0 Å². The highest BCUT2D eigenvalue weighted by atomic mass is 19.1. The second kappa shape index (κ2) is 9.86. The molecule has 2 amide bonds. The van der Waals surface area contributed by atoms with Gasteiger partial charge >= 0.3 is 0 Å². The number of benzene rings is 2. The maximum Gasteiger partial charge on any atom is 0.242 e. The lowest BCUT2D eigenvalue weighted by molar-refractivity contribution is -0.140. The van der Waals surface area contributed by atoms with Crippen LogP contribution in [-0.4, -0.2) is 29.3 Å². The SMILES string of the molecule is CCNC(=O)C(CC)N(Cc1ccc(F)cc1)C(=O)Cc1cccc(C)c1. The van der Waals surface area contributed by atoms with Crippen LogP contribution in [0, 0.1) is 12.7 Å². The smallest absolute Gasteiger partial charge is 0.242 e. The van der Waals surface area contributed by atoms with E-state index in [0.29, 0.717) is 13.0 Å². The topological polar surface area (TPSA) is 49.4 Å². The van der Waals surface area contributed by atoms with Crippen molar-refractivity contribution in [2.45, 2.75) is 46.2 Å². The molecule has 1 atom stereocenters. The average Bonchev–Trinajstić information content (AvgIpc) is 2.63. The first-order valence-corrected chi connectivity index (χ1v) is 9.31. The number of carbonyl (C=O) groups excluding carboxylic acids is 2. The fourth-order valence-electron chi connectivity index (χ4n) is 3.10. The molecule has 0 radical (unpaired) electrons. The molecule has 2 rings (SSSR count). The minimum atomic E-state index is -0.563. The van der Waals surface area contributed by atoms with Gasteiger partial charge in [0.1, 0.15) is 11.9 Å². The highest BCUT2D eigenvalue weighted by Gasteiger charge is 2.28. The summed E-state index contributed by atoms with van der Waals surface area (Å²) in [6.07, 6.45) is 0.728. The maximum atomic E-state index is 13.2. The van der Waals surface area contributed by atoms with Crippen molar-refractivity contribution in [3.05, 3.63) is 71.0 Å². The lowest BCUT2D eigenvalue weighted by atomic mass is 10.1. The minimum absolute atomic E-state index is 0.122. The van der Waals surface area contributed by atoms with Gasteiger partial charge in [0.25, 0.3) is 0 Å². The van der Waals surface area contributed by atoms with Gasteiger partial charge in [-0.15, -0.1) is 0 Å². The Morgan fingerprint density at radius 1 is 1.07 bits per heavy atom. The fraction of sp³-hybridized carbons (Fsp3) is 0.364. The first kappa shape index (κ1) is 20.6. The number of hydrogen-bond acceptors (Lipinski definition) is 2. The van der Waals surface area contributed by atoms with Gasteiger partial charge in [-0.2, -0.15) is 0 Å². The molecule has 4 nitrogen and oxygen atoms in total. The lowest BCUT2D eigenvalue weighted by Gasteiger charge is -2.30. The summed E-state index contributed by atoms with van der Waals surface area (Å²) in [6.45, 7) is 6.49. The van der Waals surface area contributed by atoms with Crippen molar-refractivity contribution in [2.75, 3.05) is 6.54 Å².